The van der Waals surface area contributed by atoms with E-state index in [2.05, 4.69) is 23.1 Å². The molecule has 0 amide bonds. The van der Waals surface area contributed by atoms with E-state index in [4.69, 9.17) is 16.6 Å². The molecule has 1 aromatic carbocycles. The van der Waals surface area contributed by atoms with Crippen LogP contribution in [0, 0.1) is 6.92 Å². The normalized spacial score (nSPS) is 12.1. The largest absolute Gasteiger partial charge is 0.324 e. The van der Waals surface area contributed by atoms with Gasteiger partial charge in [-0.15, -0.1) is 11.3 Å². The summed E-state index contributed by atoms with van der Waals surface area (Å²) in [6.45, 7) is 5.27. The number of aromatic nitrogens is 1. The Bertz CT molecular complexity index is 583. The highest BCUT2D eigenvalue weighted by molar-refractivity contribution is 7.07. The van der Waals surface area contributed by atoms with Crippen LogP contribution in [0.2, 0.25) is 5.02 Å². The Balaban J connectivity index is 2.35. The molecule has 2 aromatic rings. The quantitative estimate of drug-likeness (QED) is 0.782. The molecule has 0 saturated carbocycles. The number of unbranched alkanes of at least 4 members (excludes halogenated alkanes) is 1. The average molecular weight is 281 g/mol. The first-order chi connectivity index (χ1) is 8.70. The molecule has 18 heavy (non-hydrogen) atoms. The van der Waals surface area contributed by atoms with Crippen molar-refractivity contribution in [2.45, 2.75) is 33.2 Å². The molecule has 0 saturated heterocycles. The fourth-order valence-electron chi connectivity index (χ4n) is 1.73. The van der Waals surface area contributed by atoms with Gasteiger partial charge in [-0.05, 0) is 37.1 Å². The lowest BCUT2D eigenvalue weighted by molar-refractivity contribution is 0.618. The number of nitrogens with zero attached hydrogens (tertiary/aromatic N) is 2. The Kier molecular flexibility index (Phi) is 4.61. The minimum atomic E-state index is 0.761. The summed E-state index contributed by atoms with van der Waals surface area (Å²) in [6, 6.07) is 5.81. The third-order valence-electron chi connectivity index (χ3n) is 2.79. The van der Waals surface area contributed by atoms with Gasteiger partial charge in [-0.2, -0.15) is 0 Å². The van der Waals surface area contributed by atoms with Crippen molar-refractivity contribution in [3.63, 3.8) is 0 Å². The number of halogens is 1. The summed E-state index contributed by atoms with van der Waals surface area (Å²) >= 11 is 7.63. The summed E-state index contributed by atoms with van der Waals surface area (Å²) in [4.78, 5) is 5.77. The van der Waals surface area contributed by atoms with Crippen LogP contribution in [0.1, 0.15) is 25.3 Å². The molecule has 0 spiro atoms. The minimum absolute atomic E-state index is 0.761. The zero-order valence-electron chi connectivity index (χ0n) is 10.7. The molecule has 0 unspecified atom stereocenters. The summed E-state index contributed by atoms with van der Waals surface area (Å²) < 4.78 is 2.21. The highest BCUT2D eigenvalue weighted by Gasteiger charge is 1.99. The number of aryl methyl sites for hydroxylation is 2. The maximum Gasteiger partial charge on any atom is 0.189 e. The smallest absolute Gasteiger partial charge is 0.189 e. The Morgan fingerprint density at radius 1 is 1.39 bits per heavy atom. The van der Waals surface area contributed by atoms with Crippen LogP contribution < -0.4 is 4.80 Å². The van der Waals surface area contributed by atoms with Gasteiger partial charge in [0.25, 0.3) is 0 Å². The van der Waals surface area contributed by atoms with E-state index in [-0.39, 0.29) is 0 Å². The second-order valence-corrected chi connectivity index (χ2v) is 5.58. The summed E-state index contributed by atoms with van der Waals surface area (Å²) in [5.74, 6) is 0. The molecule has 0 atom stereocenters. The Hall–Kier alpha value is -1.06. The van der Waals surface area contributed by atoms with Crippen LogP contribution in [0.3, 0.4) is 0 Å². The van der Waals surface area contributed by atoms with Gasteiger partial charge in [-0.25, -0.2) is 4.99 Å². The van der Waals surface area contributed by atoms with E-state index >= 15 is 0 Å². The van der Waals surface area contributed by atoms with Gasteiger partial charge < -0.3 is 4.57 Å². The van der Waals surface area contributed by atoms with Gasteiger partial charge in [0.2, 0.25) is 0 Å². The lowest BCUT2D eigenvalue weighted by Gasteiger charge is -2.02. The monoisotopic (exact) mass is 280 g/mol. The van der Waals surface area contributed by atoms with Gasteiger partial charge in [0.15, 0.2) is 4.80 Å². The van der Waals surface area contributed by atoms with Crippen LogP contribution in [0.25, 0.3) is 0 Å². The highest BCUT2D eigenvalue weighted by atomic mass is 35.5. The maximum absolute atomic E-state index is 5.95. The summed E-state index contributed by atoms with van der Waals surface area (Å²) in [6.07, 6.45) is 4.48. The van der Waals surface area contributed by atoms with Crippen LogP contribution in [0.4, 0.5) is 5.69 Å². The molecule has 96 valence electrons. The second kappa shape index (κ2) is 6.21. The van der Waals surface area contributed by atoms with Gasteiger partial charge >= 0.3 is 0 Å². The number of hydrogen-bond donors (Lipinski definition) is 0. The van der Waals surface area contributed by atoms with Crippen molar-refractivity contribution in [1.82, 2.24) is 4.57 Å². The lowest BCUT2D eigenvalue weighted by atomic mass is 10.2. The van der Waals surface area contributed by atoms with Crippen LogP contribution in [0.15, 0.2) is 34.8 Å². The standard InChI is InChI=1S/C14H17ClN2S/c1-3-4-7-17-8-9-18-14(17)16-13-6-5-12(15)10-11(13)2/h5-6,8-10H,3-4,7H2,1-2H3. The number of thiazole rings is 1. The molecule has 0 bridgehead atoms. The highest BCUT2D eigenvalue weighted by Crippen LogP contribution is 2.21. The van der Waals surface area contributed by atoms with E-state index in [1.54, 1.807) is 11.3 Å². The van der Waals surface area contributed by atoms with Gasteiger partial charge in [0.05, 0.1) is 5.69 Å². The van der Waals surface area contributed by atoms with Crippen molar-refractivity contribution in [3.05, 3.63) is 45.2 Å². The van der Waals surface area contributed by atoms with E-state index in [0.29, 0.717) is 0 Å². The molecule has 2 nitrogen and oxygen atoms in total. The van der Waals surface area contributed by atoms with Crippen molar-refractivity contribution < 1.29 is 0 Å². The van der Waals surface area contributed by atoms with Crippen molar-refractivity contribution in [3.8, 4) is 0 Å². The first kappa shape index (κ1) is 13.4. The third-order valence-corrected chi connectivity index (χ3v) is 3.82. The lowest BCUT2D eigenvalue weighted by Crippen LogP contribution is -2.13. The number of benzene rings is 1. The molecule has 0 aliphatic rings. The molecule has 4 heteroatoms. The fraction of sp³-hybridized carbons (Fsp3) is 0.357. The van der Waals surface area contributed by atoms with E-state index in [1.165, 1.54) is 12.8 Å². The number of hydrogen-bond acceptors (Lipinski definition) is 2. The topological polar surface area (TPSA) is 17.3 Å². The van der Waals surface area contributed by atoms with E-state index < -0.39 is 0 Å². The number of rotatable bonds is 4. The zero-order chi connectivity index (χ0) is 13.0. The van der Waals surface area contributed by atoms with Crippen molar-refractivity contribution in [2.75, 3.05) is 0 Å². The van der Waals surface area contributed by atoms with Crippen LogP contribution >= 0.6 is 22.9 Å². The summed E-state index contributed by atoms with van der Waals surface area (Å²) in [7, 11) is 0. The molecule has 1 heterocycles. The molecular weight excluding hydrogens is 264 g/mol. The summed E-state index contributed by atoms with van der Waals surface area (Å²) in [5.41, 5.74) is 2.10. The molecule has 0 N–H and O–H groups in total. The minimum Gasteiger partial charge on any atom is -0.324 e. The van der Waals surface area contributed by atoms with Crippen molar-refractivity contribution in [1.29, 1.82) is 0 Å². The van der Waals surface area contributed by atoms with Crippen LogP contribution in [-0.2, 0) is 6.54 Å². The molecule has 0 aliphatic heterocycles. The maximum atomic E-state index is 5.95. The Morgan fingerprint density at radius 3 is 2.94 bits per heavy atom. The van der Waals surface area contributed by atoms with Crippen molar-refractivity contribution >= 4 is 28.6 Å². The predicted molar refractivity (Wildman–Crippen MR) is 78.6 cm³/mol. The molecule has 0 aliphatic carbocycles. The fourth-order valence-corrected chi connectivity index (χ4v) is 2.73. The third kappa shape index (κ3) is 3.24. The Labute approximate surface area is 117 Å². The van der Waals surface area contributed by atoms with Crippen LogP contribution in [-0.4, -0.2) is 4.57 Å². The first-order valence-corrected chi connectivity index (χ1v) is 7.41. The molecule has 1 aromatic heterocycles. The molecule has 0 fully saturated rings. The molecule has 2 rings (SSSR count). The summed E-state index contributed by atoms with van der Waals surface area (Å²) in [5, 5.41) is 2.84. The van der Waals surface area contributed by atoms with Gasteiger partial charge in [-0.3, -0.25) is 0 Å². The zero-order valence-corrected chi connectivity index (χ0v) is 12.3. The predicted octanol–water partition coefficient (Wildman–Crippen LogP) is 4.54. The average Bonchev–Trinajstić information content (AvgIpc) is 2.77. The molecular formula is C14H17ClN2S. The van der Waals surface area contributed by atoms with E-state index in [9.17, 15) is 0 Å². The first-order valence-electron chi connectivity index (χ1n) is 6.15. The van der Waals surface area contributed by atoms with Gasteiger partial charge in [-0.1, -0.05) is 24.9 Å². The van der Waals surface area contributed by atoms with Gasteiger partial charge in [0, 0.05) is 23.1 Å². The van der Waals surface area contributed by atoms with Gasteiger partial charge in [0.1, 0.15) is 0 Å². The SMILES string of the molecule is CCCCn1ccsc1=Nc1ccc(Cl)cc1C. The Morgan fingerprint density at radius 2 is 2.22 bits per heavy atom. The van der Waals surface area contributed by atoms with E-state index in [0.717, 1.165) is 27.6 Å². The van der Waals surface area contributed by atoms with Crippen molar-refractivity contribution in [2.24, 2.45) is 4.99 Å². The van der Waals surface area contributed by atoms with Crippen LogP contribution in [0.5, 0.6) is 0 Å². The second-order valence-electron chi connectivity index (χ2n) is 4.28. The molecule has 0 radical (unpaired) electrons. The van der Waals surface area contributed by atoms with E-state index in [1.807, 2.05) is 25.1 Å².